The summed E-state index contributed by atoms with van der Waals surface area (Å²) in [5, 5.41) is 4.81. The zero-order valence-corrected chi connectivity index (χ0v) is 11.0. The van der Waals surface area contributed by atoms with E-state index >= 15 is 0 Å². The third-order valence-electron chi connectivity index (χ3n) is 3.10. The Bertz CT molecular complexity index is 464. The Labute approximate surface area is 109 Å². The maximum atomic E-state index is 5.31. The highest BCUT2D eigenvalue weighted by Crippen LogP contribution is 2.16. The van der Waals surface area contributed by atoms with Gasteiger partial charge in [0, 0.05) is 36.9 Å². The second-order valence-corrected chi connectivity index (χ2v) is 4.44. The smallest absolute Gasteiger partial charge is 0.0466 e. The van der Waals surface area contributed by atoms with E-state index in [1.807, 2.05) is 13.1 Å². The maximum Gasteiger partial charge on any atom is 0.0466 e. The van der Waals surface area contributed by atoms with E-state index in [2.05, 4.69) is 34.6 Å². The van der Waals surface area contributed by atoms with Crippen LogP contribution < -0.4 is 5.32 Å². The Morgan fingerprint density at radius 2 is 2.17 bits per heavy atom. The van der Waals surface area contributed by atoms with Gasteiger partial charge >= 0.3 is 0 Å². The van der Waals surface area contributed by atoms with Gasteiger partial charge in [-0.15, -0.1) is 0 Å². The number of hydrogen-bond acceptors (Lipinski definition) is 2. The minimum Gasteiger partial charge on any atom is -0.382 e. The van der Waals surface area contributed by atoms with Gasteiger partial charge in [-0.3, -0.25) is 0 Å². The fourth-order valence-electron chi connectivity index (χ4n) is 2.13. The minimum atomic E-state index is 0.822. The van der Waals surface area contributed by atoms with Crippen molar-refractivity contribution < 1.29 is 4.74 Å². The van der Waals surface area contributed by atoms with Gasteiger partial charge in [0.1, 0.15) is 0 Å². The van der Waals surface area contributed by atoms with Crippen molar-refractivity contribution in [2.24, 2.45) is 0 Å². The molecule has 18 heavy (non-hydrogen) atoms. The molecular formula is C15H22N2O. The summed E-state index contributed by atoms with van der Waals surface area (Å²) in [4.78, 5) is 3.24. The Kier molecular flexibility index (Phi) is 5.24. The number of aromatic nitrogens is 1. The van der Waals surface area contributed by atoms with Gasteiger partial charge < -0.3 is 15.0 Å². The third-order valence-corrected chi connectivity index (χ3v) is 3.10. The summed E-state index contributed by atoms with van der Waals surface area (Å²) < 4.78 is 5.31. The van der Waals surface area contributed by atoms with Crippen LogP contribution in [-0.4, -0.2) is 24.7 Å². The molecule has 0 aliphatic rings. The highest BCUT2D eigenvalue weighted by Gasteiger charge is 2.00. The lowest BCUT2D eigenvalue weighted by molar-refractivity contribution is 0.143. The first-order valence-electron chi connectivity index (χ1n) is 6.75. The lowest BCUT2D eigenvalue weighted by Gasteiger charge is -2.06. The van der Waals surface area contributed by atoms with Crippen molar-refractivity contribution in [3.05, 3.63) is 36.0 Å². The molecule has 1 aromatic carbocycles. The van der Waals surface area contributed by atoms with Gasteiger partial charge in [0.2, 0.25) is 0 Å². The van der Waals surface area contributed by atoms with Crippen molar-refractivity contribution in [2.45, 2.75) is 26.3 Å². The number of rotatable bonds is 8. The van der Waals surface area contributed by atoms with Gasteiger partial charge in [-0.25, -0.2) is 0 Å². The number of unbranched alkanes of at least 4 members (excludes halogenated alkanes) is 1. The van der Waals surface area contributed by atoms with Crippen molar-refractivity contribution in [3.63, 3.8) is 0 Å². The second-order valence-electron chi connectivity index (χ2n) is 4.44. The maximum absolute atomic E-state index is 5.31. The molecule has 0 radical (unpaired) electrons. The molecule has 0 saturated heterocycles. The summed E-state index contributed by atoms with van der Waals surface area (Å²) in [6.07, 6.45) is 4.30. The van der Waals surface area contributed by atoms with Crippen LogP contribution in [-0.2, 0) is 11.3 Å². The first kappa shape index (κ1) is 13.1. The molecule has 0 aliphatic carbocycles. The molecule has 3 heteroatoms. The van der Waals surface area contributed by atoms with Crippen LogP contribution in [0.2, 0.25) is 0 Å². The number of nitrogens with one attached hydrogen (secondary N) is 2. The van der Waals surface area contributed by atoms with Gasteiger partial charge in [0.25, 0.3) is 0 Å². The number of ether oxygens (including phenoxy) is 1. The minimum absolute atomic E-state index is 0.822. The molecule has 1 heterocycles. The number of H-pyrrole nitrogens is 1. The molecule has 0 aliphatic heterocycles. The normalized spacial score (nSPS) is 11.2. The molecule has 0 unspecified atom stereocenters. The van der Waals surface area contributed by atoms with E-state index in [9.17, 15) is 0 Å². The quantitative estimate of drug-likeness (QED) is 0.702. The Morgan fingerprint density at radius 3 is 3.06 bits per heavy atom. The summed E-state index contributed by atoms with van der Waals surface area (Å²) in [6.45, 7) is 5.72. The summed E-state index contributed by atoms with van der Waals surface area (Å²) in [6, 6.07) is 8.54. The standard InChI is InChI=1S/C15H22N2O/c1-2-18-11-4-3-9-16-12-13-6-5-7-15-14(13)8-10-17-15/h5-8,10,16-17H,2-4,9,11-12H2,1H3. The van der Waals surface area contributed by atoms with Crippen molar-refractivity contribution >= 4 is 10.9 Å². The van der Waals surface area contributed by atoms with Crippen molar-refractivity contribution in [2.75, 3.05) is 19.8 Å². The Morgan fingerprint density at radius 1 is 1.22 bits per heavy atom. The van der Waals surface area contributed by atoms with Crippen molar-refractivity contribution in [1.29, 1.82) is 0 Å². The lowest BCUT2D eigenvalue weighted by atomic mass is 10.1. The number of hydrogen-bond donors (Lipinski definition) is 2. The number of benzene rings is 1. The lowest BCUT2D eigenvalue weighted by Crippen LogP contribution is -2.15. The van der Waals surface area contributed by atoms with E-state index in [4.69, 9.17) is 4.74 Å². The van der Waals surface area contributed by atoms with Gasteiger partial charge in [0.05, 0.1) is 0 Å². The molecule has 0 spiro atoms. The summed E-state index contributed by atoms with van der Waals surface area (Å²) in [5.74, 6) is 0. The van der Waals surface area contributed by atoms with Crippen LogP contribution >= 0.6 is 0 Å². The van der Waals surface area contributed by atoms with Crippen LogP contribution in [0, 0.1) is 0 Å². The summed E-state index contributed by atoms with van der Waals surface area (Å²) >= 11 is 0. The third kappa shape index (κ3) is 3.59. The van der Waals surface area contributed by atoms with E-state index in [0.717, 1.165) is 32.7 Å². The predicted molar refractivity (Wildman–Crippen MR) is 75.7 cm³/mol. The molecule has 3 nitrogen and oxygen atoms in total. The first-order chi connectivity index (χ1) is 8.92. The zero-order chi connectivity index (χ0) is 12.6. The van der Waals surface area contributed by atoms with Crippen LogP contribution in [0.5, 0.6) is 0 Å². The van der Waals surface area contributed by atoms with Gasteiger partial charge in [-0.1, -0.05) is 12.1 Å². The molecule has 1 aromatic heterocycles. The van der Waals surface area contributed by atoms with Gasteiger partial charge in [-0.05, 0) is 44.0 Å². The molecule has 0 fully saturated rings. The first-order valence-corrected chi connectivity index (χ1v) is 6.75. The molecule has 2 rings (SSSR count). The molecule has 0 amide bonds. The van der Waals surface area contributed by atoms with E-state index in [1.165, 1.54) is 22.9 Å². The van der Waals surface area contributed by atoms with Gasteiger partial charge in [-0.2, -0.15) is 0 Å². The molecule has 0 bridgehead atoms. The van der Waals surface area contributed by atoms with E-state index in [-0.39, 0.29) is 0 Å². The predicted octanol–water partition coefficient (Wildman–Crippen LogP) is 3.07. The fourth-order valence-corrected chi connectivity index (χ4v) is 2.13. The SMILES string of the molecule is CCOCCCCNCc1cccc2[nH]ccc12. The second kappa shape index (κ2) is 7.19. The molecule has 0 atom stereocenters. The topological polar surface area (TPSA) is 37.0 Å². The molecule has 2 N–H and O–H groups in total. The average Bonchev–Trinajstić information content (AvgIpc) is 2.86. The Balaban J connectivity index is 1.72. The highest BCUT2D eigenvalue weighted by atomic mass is 16.5. The number of aromatic amines is 1. The van der Waals surface area contributed by atoms with E-state index in [0.29, 0.717) is 0 Å². The fraction of sp³-hybridized carbons (Fsp3) is 0.467. The van der Waals surface area contributed by atoms with Gasteiger partial charge in [0.15, 0.2) is 0 Å². The monoisotopic (exact) mass is 246 g/mol. The van der Waals surface area contributed by atoms with Crippen LogP contribution in [0.15, 0.2) is 30.5 Å². The highest BCUT2D eigenvalue weighted by molar-refractivity contribution is 5.82. The Hall–Kier alpha value is -1.32. The number of fused-ring (bicyclic) bond motifs is 1. The molecule has 0 saturated carbocycles. The summed E-state index contributed by atoms with van der Waals surface area (Å²) in [5.41, 5.74) is 2.57. The van der Waals surface area contributed by atoms with Crippen LogP contribution in [0.3, 0.4) is 0 Å². The van der Waals surface area contributed by atoms with Crippen LogP contribution in [0.25, 0.3) is 10.9 Å². The van der Waals surface area contributed by atoms with Crippen LogP contribution in [0.4, 0.5) is 0 Å². The molecule has 98 valence electrons. The van der Waals surface area contributed by atoms with Crippen molar-refractivity contribution in [1.82, 2.24) is 10.3 Å². The molecular weight excluding hydrogens is 224 g/mol. The largest absolute Gasteiger partial charge is 0.382 e. The van der Waals surface area contributed by atoms with E-state index < -0.39 is 0 Å². The van der Waals surface area contributed by atoms with Crippen molar-refractivity contribution in [3.8, 4) is 0 Å². The molecule has 2 aromatic rings. The average molecular weight is 246 g/mol. The zero-order valence-electron chi connectivity index (χ0n) is 11.0. The van der Waals surface area contributed by atoms with Crippen LogP contribution in [0.1, 0.15) is 25.3 Å². The van der Waals surface area contributed by atoms with E-state index in [1.54, 1.807) is 0 Å². The summed E-state index contributed by atoms with van der Waals surface area (Å²) in [7, 11) is 0.